The molecule has 0 unspecified atom stereocenters. The molecule has 0 aliphatic heterocycles. The van der Waals surface area contributed by atoms with Crippen molar-refractivity contribution in [1.29, 1.82) is 0 Å². The van der Waals surface area contributed by atoms with Gasteiger partial charge in [-0.15, -0.1) is 11.3 Å². The van der Waals surface area contributed by atoms with Crippen LogP contribution < -0.4 is 5.32 Å². The molecule has 2 aromatic heterocycles. The lowest BCUT2D eigenvalue weighted by atomic mass is 10.3. The minimum Gasteiger partial charge on any atom is -0.347 e. The Balaban J connectivity index is 1.98. The topological polar surface area (TPSA) is 46.9 Å². The zero-order chi connectivity index (χ0) is 12.4. The van der Waals surface area contributed by atoms with E-state index in [9.17, 15) is 4.79 Å². The third kappa shape index (κ3) is 3.17. The average molecular weight is 379 g/mol. The van der Waals surface area contributed by atoms with Crippen LogP contribution in [0.2, 0.25) is 0 Å². The molecular formula is C10H9Br2N3OS. The summed E-state index contributed by atoms with van der Waals surface area (Å²) in [5, 5.41) is 6.88. The fraction of sp³-hybridized carbons (Fsp3) is 0.200. The number of carbonyl (C=O) groups is 1. The lowest BCUT2D eigenvalue weighted by Gasteiger charge is -2.00. The Morgan fingerprint density at radius 2 is 2.35 bits per heavy atom. The highest BCUT2D eigenvalue weighted by Gasteiger charge is 2.11. The number of halogens is 2. The first-order valence-electron chi connectivity index (χ1n) is 4.77. The SMILES string of the molecule is Cn1cc(CNC(=O)c2cc(Br)c(Br)s2)cn1. The molecule has 0 aliphatic carbocycles. The van der Waals surface area contributed by atoms with Crippen molar-refractivity contribution < 1.29 is 4.79 Å². The summed E-state index contributed by atoms with van der Waals surface area (Å²) in [6.45, 7) is 0.486. The number of hydrogen-bond acceptors (Lipinski definition) is 3. The zero-order valence-corrected chi connectivity index (χ0v) is 12.9. The first-order valence-corrected chi connectivity index (χ1v) is 7.17. The number of nitrogens with zero attached hydrogens (tertiary/aromatic N) is 2. The van der Waals surface area contributed by atoms with E-state index < -0.39 is 0 Å². The molecule has 2 rings (SSSR count). The molecule has 2 heterocycles. The monoisotopic (exact) mass is 377 g/mol. The maximum atomic E-state index is 11.8. The molecule has 7 heteroatoms. The molecule has 0 saturated carbocycles. The van der Waals surface area contributed by atoms with E-state index in [1.165, 1.54) is 11.3 Å². The van der Waals surface area contributed by atoms with E-state index in [2.05, 4.69) is 42.3 Å². The smallest absolute Gasteiger partial charge is 0.261 e. The minimum atomic E-state index is -0.0785. The zero-order valence-electron chi connectivity index (χ0n) is 8.91. The van der Waals surface area contributed by atoms with E-state index in [1.54, 1.807) is 16.9 Å². The second-order valence-electron chi connectivity index (χ2n) is 3.44. The van der Waals surface area contributed by atoms with Gasteiger partial charge in [0.2, 0.25) is 0 Å². The van der Waals surface area contributed by atoms with Gasteiger partial charge in [-0.05, 0) is 37.9 Å². The van der Waals surface area contributed by atoms with Crippen LogP contribution in [0.5, 0.6) is 0 Å². The van der Waals surface area contributed by atoms with Crippen molar-refractivity contribution in [3.63, 3.8) is 0 Å². The highest BCUT2D eigenvalue weighted by Crippen LogP contribution is 2.32. The molecule has 1 amide bonds. The molecule has 0 spiro atoms. The number of nitrogens with one attached hydrogen (secondary N) is 1. The number of amides is 1. The van der Waals surface area contributed by atoms with Gasteiger partial charge in [0.15, 0.2) is 0 Å². The largest absolute Gasteiger partial charge is 0.347 e. The molecule has 0 radical (unpaired) electrons. The van der Waals surface area contributed by atoms with Gasteiger partial charge in [0.05, 0.1) is 14.9 Å². The van der Waals surface area contributed by atoms with E-state index in [0.29, 0.717) is 11.4 Å². The Bertz CT molecular complexity index is 530. The first kappa shape index (κ1) is 12.8. The van der Waals surface area contributed by atoms with Crippen molar-refractivity contribution in [3.8, 4) is 0 Å². The minimum absolute atomic E-state index is 0.0785. The molecule has 0 saturated heterocycles. The normalized spacial score (nSPS) is 10.5. The molecule has 1 N–H and O–H groups in total. The van der Waals surface area contributed by atoms with Crippen molar-refractivity contribution in [2.75, 3.05) is 0 Å². The van der Waals surface area contributed by atoms with Crippen LogP contribution in [0, 0.1) is 0 Å². The summed E-state index contributed by atoms with van der Waals surface area (Å²) in [5.74, 6) is -0.0785. The predicted octanol–water partition coefficient (Wildman–Crippen LogP) is 2.94. The third-order valence-electron chi connectivity index (χ3n) is 2.08. The number of rotatable bonds is 3. The van der Waals surface area contributed by atoms with E-state index in [1.807, 2.05) is 13.2 Å². The number of aromatic nitrogens is 2. The van der Waals surface area contributed by atoms with Gasteiger partial charge in [0, 0.05) is 29.8 Å². The van der Waals surface area contributed by atoms with Crippen LogP contribution in [0.1, 0.15) is 15.2 Å². The summed E-state index contributed by atoms with van der Waals surface area (Å²) in [6.07, 6.45) is 3.61. The summed E-state index contributed by atoms with van der Waals surface area (Å²) in [7, 11) is 1.85. The predicted molar refractivity (Wildman–Crippen MR) is 74.1 cm³/mol. The molecule has 4 nitrogen and oxygen atoms in total. The lowest BCUT2D eigenvalue weighted by Crippen LogP contribution is -2.21. The fourth-order valence-corrected chi connectivity index (χ4v) is 3.24. The Morgan fingerprint density at radius 1 is 1.59 bits per heavy atom. The first-order chi connectivity index (χ1) is 8.06. The molecule has 90 valence electrons. The second-order valence-corrected chi connectivity index (χ2v) is 6.66. The Morgan fingerprint density at radius 3 is 2.88 bits per heavy atom. The van der Waals surface area contributed by atoms with Gasteiger partial charge >= 0.3 is 0 Å². The highest BCUT2D eigenvalue weighted by molar-refractivity contribution is 9.13. The van der Waals surface area contributed by atoms with E-state index in [0.717, 1.165) is 13.8 Å². The molecule has 0 fully saturated rings. The fourth-order valence-electron chi connectivity index (χ4n) is 1.29. The van der Waals surface area contributed by atoms with Crippen LogP contribution in [-0.4, -0.2) is 15.7 Å². The standard InChI is InChI=1S/C10H9Br2N3OS/c1-15-5-6(4-14-15)3-13-10(16)8-2-7(11)9(12)17-8/h2,4-5H,3H2,1H3,(H,13,16). The van der Waals surface area contributed by atoms with Crippen LogP contribution >= 0.6 is 43.2 Å². The summed E-state index contributed by atoms with van der Waals surface area (Å²) in [5.41, 5.74) is 0.982. The van der Waals surface area contributed by atoms with Gasteiger partial charge in [-0.3, -0.25) is 9.48 Å². The van der Waals surface area contributed by atoms with Crippen LogP contribution in [0.15, 0.2) is 26.7 Å². The second kappa shape index (κ2) is 5.32. The van der Waals surface area contributed by atoms with Gasteiger partial charge < -0.3 is 5.32 Å². The third-order valence-corrected chi connectivity index (χ3v) is 5.34. The molecular weight excluding hydrogens is 370 g/mol. The average Bonchev–Trinajstić information content (AvgIpc) is 2.83. The lowest BCUT2D eigenvalue weighted by molar-refractivity contribution is 0.0955. The van der Waals surface area contributed by atoms with E-state index in [4.69, 9.17) is 0 Å². The number of thiophene rings is 1. The molecule has 0 bridgehead atoms. The van der Waals surface area contributed by atoms with Crippen LogP contribution in [0.25, 0.3) is 0 Å². The van der Waals surface area contributed by atoms with Crippen LogP contribution in [0.3, 0.4) is 0 Å². The van der Waals surface area contributed by atoms with Gasteiger partial charge in [-0.2, -0.15) is 5.10 Å². The van der Waals surface area contributed by atoms with Crippen molar-refractivity contribution in [3.05, 3.63) is 37.2 Å². The van der Waals surface area contributed by atoms with Crippen LogP contribution in [-0.2, 0) is 13.6 Å². The molecule has 0 aliphatic rings. The summed E-state index contributed by atoms with van der Waals surface area (Å²) < 4.78 is 3.53. The maximum absolute atomic E-state index is 11.8. The van der Waals surface area contributed by atoms with Crippen molar-refractivity contribution in [1.82, 2.24) is 15.1 Å². The van der Waals surface area contributed by atoms with Gasteiger partial charge in [0.25, 0.3) is 5.91 Å². The Hall–Kier alpha value is -0.660. The van der Waals surface area contributed by atoms with E-state index in [-0.39, 0.29) is 5.91 Å². The van der Waals surface area contributed by atoms with Crippen LogP contribution in [0.4, 0.5) is 0 Å². The Labute approximate surface area is 119 Å². The summed E-state index contributed by atoms with van der Waals surface area (Å²) in [4.78, 5) is 12.5. The number of carbonyl (C=O) groups excluding carboxylic acids is 1. The van der Waals surface area contributed by atoms with Gasteiger partial charge in [0.1, 0.15) is 0 Å². The highest BCUT2D eigenvalue weighted by atomic mass is 79.9. The Kier molecular flexibility index (Phi) is 4.01. The summed E-state index contributed by atoms with van der Waals surface area (Å²) in [6, 6.07) is 1.80. The van der Waals surface area contributed by atoms with Gasteiger partial charge in [-0.25, -0.2) is 0 Å². The summed E-state index contributed by atoms with van der Waals surface area (Å²) >= 11 is 8.12. The van der Waals surface area contributed by atoms with E-state index >= 15 is 0 Å². The molecule has 0 atom stereocenters. The molecule has 0 aromatic carbocycles. The molecule has 2 aromatic rings. The van der Waals surface area contributed by atoms with Gasteiger partial charge in [-0.1, -0.05) is 0 Å². The number of aryl methyl sites for hydroxylation is 1. The maximum Gasteiger partial charge on any atom is 0.261 e. The molecule has 17 heavy (non-hydrogen) atoms. The van der Waals surface area contributed by atoms with Crippen molar-refractivity contribution in [2.45, 2.75) is 6.54 Å². The number of hydrogen-bond donors (Lipinski definition) is 1. The quantitative estimate of drug-likeness (QED) is 0.892. The van der Waals surface area contributed by atoms with Crippen molar-refractivity contribution in [2.24, 2.45) is 7.05 Å². The van der Waals surface area contributed by atoms with Crippen molar-refractivity contribution >= 4 is 49.1 Å².